The molecule has 1 fully saturated rings. The summed E-state index contributed by atoms with van der Waals surface area (Å²) in [4.78, 5) is 11.9. The number of carbonyl (C=O) groups is 1. The lowest BCUT2D eigenvalue weighted by atomic mass is 9.88. The van der Waals surface area contributed by atoms with E-state index in [0.717, 1.165) is 31.4 Å². The Labute approximate surface area is 105 Å². The van der Waals surface area contributed by atoms with Crippen molar-refractivity contribution in [3.63, 3.8) is 0 Å². The van der Waals surface area contributed by atoms with Gasteiger partial charge in [-0.25, -0.2) is 0 Å². The summed E-state index contributed by atoms with van der Waals surface area (Å²) in [5.41, 5.74) is 7.35. The molecule has 3 nitrogen and oxygen atoms in total. The molecule has 0 radical (unpaired) electrons. The van der Waals surface area contributed by atoms with E-state index in [-0.39, 0.29) is 11.8 Å². The van der Waals surface area contributed by atoms with Crippen LogP contribution in [0.15, 0.2) is 30.3 Å². The lowest BCUT2D eigenvalue weighted by molar-refractivity contribution is -0.125. The van der Waals surface area contributed by atoms with Crippen LogP contribution in [0.4, 0.5) is 5.69 Å². The van der Waals surface area contributed by atoms with Crippen molar-refractivity contribution in [3.8, 4) is 0 Å². The summed E-state index contributed by atoms with van der Waals surface area (Å²) in [6.07, 6.45) is 4.26. The first-order valence-corrected chi connectivity index (χ1v) is 6.79. The van der Waals surface area contributed by atoms with Gasteiger partial charge in [0.15, 0.2) is 0 Å². The van der Waals surface area contributed by atoms with Gasteiger partial charge in [0, 0.05) is 5.92 Å². The van der Waals surface area contributed by atoms with E-state index < -0.39 is 0 Å². The second kappa shape index (κ2) is 6.02. The summed E-state index contributed by atoms with van der Waals surface area (Å²) in [5.74, 6) is 0.286. The van der Waals surface area contributed by atoms with Gasteiger partial charge < -0.3 is 0 Å². The van der Waals surface area contributed by atoms with E-state index >= 15 is 0 Å². The van der Waals surface area contributed by atoms with Crippen LogP contribution in [-0.4, -0.2) is 11.6 Å². The van der Waals surface area contributed by atoms with Gasteiger partial charge in [0.1, 0.15) is 0 Å². The summed E-state index contributed by atoms with van der Waals surface area (Å²) in [6, 6.07) is 9.69. The lowest BCUT2D eigenvalue weighted by Gasteiger charge is -2.25. The van der Waals surface area contributed by atoms with Gasteiger partial charge in [0.25, 0.3) is 0 Å². The number of benzene rings is 1. The van der Waals surface area contributed by atoms with Gasteiger partial charge in [-0.05, 0) is 43.5 Å². The molecule has 1 atom stereocenters. The number of rotatable bonds is 3. The average molecular weight is 250 g/mol. The lowest BCUT2D eigenvalue weighted by Crippen LogP contribution is -2.36. The highest BCUT2D eigenvalue weighted by atomic mass is 31.0. The SMILES string of the molecule is O=C(NNc1ccccc1)C1CCC(P)CC1. The minimum Gasteiger partial charge on any atom is -0.299 e. The zero-order valence-electron chi connectivity index (χ0n) is 9.86. The maximum Gasteiger partial charge on any atom is 0.241 e. The molecular formula is C13H19N2OP. The molecule has 92 valence electrons. The van der Waals surface area contributed by atoms with E-state index in [4.69, 9.17) is 0 Å². The van der Waals surface area contributed by atoms with E-state index in [1.807, 2.05) is 30.3 Å². The zero-order chi connectivity index (χ0) is 12.1. The van der Waals surface area contributed by atoms with E-state index in [2.05, 4.69) is 20.1 Å². The van der Waals surface area contributed by atoms with Crippen LogP contribution >= 0.6 is 9.24 Å². The topological polar surface area (TPSA) is 41.1 Å². The maximum atomic E-state index is 11.9. The van der Waals surface area contributed by atoms with Crippen molar-refractivity contribution in [2.75, 3.05) is 5.43 Å². The van der Waals surface area contributed by atoms with Crippen LogP contribution in [0.3, 0.4) is 0 Å². The molecule has 0 heterocycles. The molecule has 1 aliphatic rings. The van der Waals surface area contributed by atoms with Crippen LogP contribution in [0.2, 0.25) is 0 Å². The highest BCUT2D eigenvalue weighted by Crippen LogP contribution is 2.28. The van der Waals surface area contributed by atoms with Crippen molar-refractivity contribution < 1.29 is 4.79 Å². The number of amides is 1. The Morgan fingerprint density at radius 3 is 2.41 bits per heavy atom. The van der Waals surface area contributed by atoms with Gasteiger partial charge in [0.05, 0.1) is 5.69 Å². The minimum absolute atomic E-state index is 0.116. The van der Waals surface area contributed by atoms with Crippen LogP contribution in [0.5, 0.6) is 0 Å². The van der Waals surface area contributed by atoms with Crippen LogP contribution < -0.4 is 10.9 Å². The predicted octanol–water partition coefficient (Wildman–Crippen LogP) is 2.56. The quantitative estimate of drug-likeness (QED) is 0.639. The number of carbonyl (C=O) groups excluding carboxylic acids is 1. The smallest absolute Gasteiger partial charge is 0.241 e. The normalized spacial score (nSPS) is 24.1. The number of anilines is 1. The Hall–Kier alpha value is -1.08. The maximum absolute atomic E-state index is 11.9. The minimum atomic E-state index is 0.116. The summed E-state index contributed by atoms with van der Waals surface area (Å²) < 4.78 is 0. The van der Waals surface area contributed by atoms with Crippen LogP contribution in [0.25, 0.3) is 0 Å². The van der Waals surface area contributed by atoms with Gasteiger partial charge >= 0.3 is 0 Å². The molecule has 0 bridgehead atoms. The average Bonchev–Trinajstić information content (AvgIpc) is 2.38. The van der Waals surface area contributed by atoms with Crippen molar-refractivity contribution in [2.24, 2.45) is 5.92 Å². The number of nitrogens with one attached hydrogen (secondary N) is 2. The molecule has 1 saturated carbocycles. The first-order chi connectivity index (χ1) is 8.25. The Kier molecular flexibility index (Phi) is 4.38. The summed E-state index contributed by atoms with van der Waals surface area (Å²) in [7, 11) is 2.85. The Morgan fingerprint density at radius 2 is 1.76 bits per heavy atom. The third kappa shape index (κ3) is 3.71. The van der Waals surface area contributed by atoms with Gasteiger partial charge in [-0.3, -0.25) is 15.6 Å². The first kappa shape index (κ1) is 12.4. The Bertz CT molecular complexity index is 361. The third-order valence-electron chi connectivity index (χ3n) is 3.25. The molecule has 1 unspecified atom stereocenters. The van der Waals surface area contributed by atoms with Gasteiger partial charge in [-0.2, -0.15) is 0 Å². The van der Waals surface area contributed by atoms with Gasteiger partial charge in [0.2, 0.25) is 5.91 Å². The third-order valence-corrected chi connectivity index (χ3v) is 3.91. The molecule has 1 aliphatic carbocycles. The molecule has 0 saturated heterocycles. The molecule has 0 aliphatic heterocycles. The monoisotopic (exact) mass is 250 g/mol. The standard InChI is InChI=1S/C13H19N2OP/c16-13(10-6-8-12(17)9-7-10)15-14-11-4-2-1-3-5-11/h1-5,10,12,14H,6-9,17H2,(H,15,16). The van der Waals surface area contributed by atoms with Crippen molar-refractivity contribution >= 4 is 20.8 Å². The van der Waals surface area contributed by atoms with Gasteiger partial charge in [-0.1, -0.05) is 18.2 Å². The second-order valence-corrected chi connectivity index (χ2v) is 5.53. The highest BCUT2D eigenvalue weighted by molar-refractivity contribution is 7.17. The van der Waals surface area contributed by atoms with Crippen molar-refractivity contribution in [1.82, 2.24) is 5.43 Å². The fourth-order valence-electron chi connectivity index (χ4n) is 2.14. The van der Waals surface area contributed by atoms with Crippen LogP contribution in [-0.2, 0) is 4.79 Å². The number of hydrazine groups is 1. The van der Waals surface area contributed by atoms with Crippen LogP contribution in [0, 0.1) is 5.92 Å². The summed E-state index contributed by atoms with van der Waals surface area (Å²) in [6.45, 7) is 0. The number of hydrogen-bond donors (Lipinski definition) is 2. The molecule has 1 amide bonds. The molecule has 2 rings (SSSR count). The Balaban J connectivity index is 1.78. The van der Waals surface area contributed by atoms with Crippen molar-refractivity contribution in [2.45, 2.75) is 31.3 Å². The zero-order valence-corrected chi connectivity index (χ0v) is 11.0. The highest BCUT2D eigenvalue weighted by Gasteiger charge is 2.24. The molecule has 4 heteroatoms. The molecule has 2 N–H and O–H groups in total. The largest absolute Gasteiger partial charge is 0.299 e. The molecule has 0 aromatic heterocycles. The van der Waals surface area contributed by atoms with Crippen molar-refractivity contribution in [1.29, 1.82) is 0 Å². The molecule has 17 heavy (non-hydrogen) atoms. The molecule has 1 aromatic carbocycles. The van der Waals surface area contributed by atoms with Gasteiger partial charge in [-0.15, -0.1) is 9.24 Å². The first-order valence-electron chi connectivity index (χ1n) is 6.12. The summed E-state index contributed by atoms with van der Waals surface area (Å²) >= 11 is 0. The van der Waals surface area contributed by atoms with E-state index in [9.17, 15) is 4.79 Å². The fourth-order valence-corrected chi connectivity index (χ4v) is 2.52. The number of hydrogen-bond acceptors (Lipinski definition) is 2. The van der Waals surface area contributed by atoms with Crippen LogP contribution in [0.1, 0.15) is 25.7 Å². The predicted molar refractivity (Wildman–Crippen MR) is 73.7 cm³/mol. The molecular weight excluding hydrogens is 231 g/mol. The Morgan fingerprint density at radius 1 is 1.12 bits per heavy atom. The van der Waals surface area contributed by atoms with E-state index in [1.54, 1.807) is 0 Å². The number of para-hydroxylation sites is 1. The van der Waals surface area contributed by atoms with E-state index in [1.165, 1.54) is 0 Å². The second-order valence-electron chi connectivity index (χ2n) is 4.59. The molecule has 1 aromatic rings. The summed E-state index contributed by atoms with van der Waals surface area (Å²) in [5, 5.41) is 0. The molecule has 0 spiro atoms. The fraction of sp³-hybridized carbons (Fsp3) is 0.462. The van der Waals surface area contributed by atoms with E-state index in [0.29, 0.717) is 5.66 Å². The van der Waals surface area contributed by atoms with Crippen molar-refractivity contribution in [3.05, 3.63) is 30.3 Å².